The van der Waals surface area contributed by atoms with Gasteiger partial charge in [0.1, 0.15) is 10.8 Å². The van der Waals surface area contributed by atoms with E-state index in [1.165, 1.54) is 23.5 Å². The summed E-state index contributed by atoms with van der Waals surface area (Å²) >= 11 is 1.29. The minimum absolute atomic E-state index is 0.0616. The van der Waals surface area contributed by atoms with E-state index in [0.717, 1.165) is 12.8 Å². The van der Waals surface area contributed by atoms with Crippen molar-refractivity contribution in [2.24, 2.45) is 0 Å². The topological polar surface area (TPSA) is 59.5 Å². The average Bonchev–Trinajstić information content (AvgIpc) is 3.30. The number of ether oxygens (including phenoxy) is 1. The van der Waals surface area contributed by atoms with Crippen molar-refractivity contribution in [2.45, 2.75) is 32.4 Å². The Kier molecular flexibility index (Phi) is 4.89. The highest BCUT2D eigenvalue weighted by Gasteiger charge is 2.34. The molecule has 1 fully saturated rings. The van der Waals surface area contributed by atoms with Crippen LogP contribution in [0.4, 0.5) is 4.39 Å². The second kappa shape index (κ2) is 7.09. The fourth-order valence-corrected chi connectivity index (χ4v) is 3.13. The number of benzene rings is 1. The molecule has 0 saturated heterocycles. The highest BCUT2D eigenvalue weighted by atomic mass is 32.1. The summed E-state index contributed by atoms with van der Waals surface area (Å²) in [7, 11) is 0. The largest absolute Gasteiger partial charge is 0.461 e. The van der Waals surface area contributed by atoms with E-state index >= 15 is 0 Å². The summed E-state index contributed by atoms with van der Waals surface area (Å²) in [6.45, 7) is 2.28. The Bertz CT molecular complexity index is 758. The molecule has 0 N–H and O–H groups in total. The molecule has 1 heterocycles. The van der Waals surface area contributed by atoms with Gasteiger partial charge in [0.2, 0.25) is 0 Å². The van der Waals surface area contributed by atoms with Crippen molar-refractivity contribution < 1.29 is 18.7 Å². The second-order valence-electron chi connectivity index (χ2n) is 5.49. The second-order valence-corrected chi connectivity index (χ2v) is 6.43. The lowest BCUT2D eigenvalue weighted by Gasteiger charge is -2.21. The fourth-order valence-electron chi connectivity index (χ4n) is 2.37. The molecule has 126 valence electrons. The lowest BCUT2D eigenvalue weighted by Crippen LogP contribution is -2.33. The molecule has 0 atom stereocenters. The van der Waals surface area contributed by atoms with Crippen LogP contribution in [0.2, 0.25) is 0 Å². The van der Waals surface area contributed by atoms with E-state index in [1.807, 2.05) is 0 Å². The van der Waals surface area contributed by atoms with Crippen LogP contribution >= 0.6 is 11.3 Å². The molecular weight excluding hydrogens is 331 g/mol. The Morgan fingerprint density at radius 3 is 2.79 bits per heavy atom. The van der Waals surface area contributed by atoms with Crippen LogP contribution in [0.15, 0.2) is 29.6 Å². The van der Waals surface area contributed by atoms with Crippen LogP contribution in [-0.2, 0) is 11.3 Å². The first-order valence-electron chi connectivity index (χ1n) is 7.77. The van der Waals surface area contributed by atoms with Gasteiger partial charge in [0.15, 0.2) is 5.69 Å². The SMILES string of the molecule is CCOC(=O)c1csc(CN(C(=O)c2ccccc2F)C2CC2)n1. The third-order valence-corrected chi connectivity index (χ3v) is 4.53. The van der Waals surface area contributed by atoms with Gasteiger partial charge in [-0.1, -0.05) is 12.1 Å². The maximum atomic E-state index is 13.9. The summed E-state index contributed by atoms with van der Waals surface area (Å²) in [5.41, 5.74) is 0.303. The summed E-state index contributed by atoms with van der Waals surface area (Å²) in [6.07, 6.45) is 1.80. The highest BCUT2D eigenvalue weighted by Crippen LogP contribution is 2.30. The Balaban J connectivity index is 1.77. The molecule has 1 aromatic carbocycles. The molecular formula is C17H17FN2O3S. The Labute approximate surface area is 143 Å². The first-order valence-corrected chi connectivity index (χ1v) is 8.65. The average molecular weight is 348 g/mol. The first kappa shape index (κ1) is 16.6. The summed E-state index contributed by atoms with van der Waals surface area (Å²) in [5, 5.41) is 2.25. The molecule has 1 aliphatic rings. The van der Waals surface area contributed by atoms with E-state index in [-0.39, 0.29) is 36.4 Å². The Morgan fingerprint density at radius 2 is 2.12 bits per heavy atom. The summed E-state index contributed by atoms with van der Waals surface area (Å²) in [4.78, 5) is 30.2. The number of carbonyl (C=O) groups excluding carboxylic acids is 2. The van der Waals surface area contributed by atoms with Gasteiger partial charge in [-0.3, -0.25) is 4.79 Å². The minimum Gasteiger partial charge on any atom is -0.461 e. The number of rotatable bonds is 6. The number of hydrogen-bond donors (Lipinski definition) is 0. The van der Waals surface area contributed by atoms with Gasteiger partial charge >= 0.3 is 5.97 Å². The number of carbonyl (C=O) groups is 2. The standard InChI is InChI=1S/C17H17FN2O3S/c1-2-23-17(22)14-10-24-15(19-14)9-20(11-7-8-11)16(21)12-5-3-4-6-13(12)18/h3-6,10-11H,2,7-9H2,1H3. The van der Waals surface area contributed by atoms with Crippen LogP contribution in [0.1, 0.15) is 45.6 Å². The molecule has 7 heteroatoms. The van der Waals surface area contributed by atoms with Crippen molar-refractivity contribution in [1.29, 1.82) is 0 Å². The molecule has 2 aromatic rings. The molecule has 0 radical (unpaired) electrons. The van der Waals surface area contributed by atoms with Crippen LogP contribution in [0.25, 0.3) is 0 Å². The van der Waals surface area contributed by atoms with Gasteiger partial charge in [-0.2, -0.15) is 0 Å². The fraction of sp³-hybridized carbons (Fsp3) is 0.353. The molecule has 3 rings (SSSR count). The van der Waals surface area contributed by atoms with Crippen molar-refractivity contribution >= 4 is 23.2 Å². The highest BCUT2D eigenvalue weighted by molar-refractivity contribution is 7.09. The predicted octanol–water partition coefficient (Wildman–Crippen LogP) is 3.26. The molecule has 5 nitrogen and oxygen atoms in total. The first-order chi connectivity index (χ1) is 11.6. The van der Waals surface area contributed by atoms with Crippen molar-refractivity contribution in [2.75, 3.05) is 6.61 Å². The van der Waals surface area contributed by atoms with Crippen molar-refractivity contribution in [3.05, 3.63) is 51.7 Å². The van der Waals surface area contributed by atoms with E-state index in [9.17, 15) is 14.0 Å². The number of hydrogen-bond acceptors (Lipinski definition) is 5. The van der Waals surface area contributed by atoms with Crippen molar-refractivity contribution in [1.82, 2.24) is 9.88 Å². The monoisotopic (exact) mass is 348 g/mol. The zero-order valence-corrected chi connectivity index (χ0v) is 14.0. The summed E-state index contributed by atoms with van der Waals surface area (Å²) in [6, 6.07) is 6.07. The quantitative estimate of drug-likeness (QED) is 0.752. The summed E-state index contributed by atoms with van der Waals surface area (Å²) < 4.78 is 18.8. The lowest BCUT2D eigenvalue weighted by molar-refractivity contribution is 0.0520. The Hall–Kier alpha value is -2.28. The van der Waals surface area contributed by atoms with E-state index in [1.54, 1.807) is 29.3 Å². The third-order valence-electron chi connectivity index (χ3n) is 3.69. The normalized spacial score (nSPS) is 13.6. The molecule has 0 aliphatic heterocycles. The minimum atomic E-state index is -0.528. The number of amides is 1. The molecule has 1 amide bonds. The van der Waals surface area contributed by atoms with E-state index in [4.69, 9.17) is 4.74 Å². The number of halogens is 1. The lowest BCUT2D eigenvalue weighted by atomic mass is 10.2. The maximum Gasteiger partial charge on any atom is 0.357 e. The van der Waals surface area contributed by atoms with Crippen LogP contribution in [0, 0.1) is 5.82 Å². The molecule has 0 unspecified atom stereocenters. The zero-order chi connectivity index (χ0) is 17.1. The number of aromatic nitrogens is 1. The zero-order valence-electron chi connectivity index (χ0n) is 13.2. The van der Waals surface area contributed by atoms with Crippen LogP contribution in [0.5, 0.6) is 0 Å². The van der Waals surface area contributed by atoms with Crippen LogP contribution in [0.3, 0.4) is 0 Å². The molecule has 0 bridgehead atoms. The van der Waals surface area contributed by atoms with Gasteiger partial charge in [0, 0.05) is 11.4 Å². The summed E-state index contributed by atoms with van der Waals surface area (Å²) in [5.74, 6) is -1.35. The van der Waals surface area contributed by atoms with Crippen molar-refractivity contribution in [3.8, 4) is 0 Å². The molecule has 24 heavy (non-hydrogen) atoms. The van der Waals surface area contributed by atoms with Gasteiger partial charge in [0.05, 0.1) is 18.7 Å². The van der Waals surface area contributed by atoms with Gasteiger partial charge in [-0.05, 0) is 31.9 Å². The maximum absolute atomic E-state index is 13.9. The molecule has 1 aliphatic carbocycles. The van der Waals surface area contributed by atoms with Crippen LogP contribution in [-0.4, -0.2) is 34.4 Å². The number of thiazole rings is 1. The van der Waals surface area contributed by atoms with E-state index < -0.39 is 11.8 Å². The van der Waals surface area contributed by atoms with Gasteiger partial charge < -0.3 is 9.64 Å². The smallest absolute Gasteiger partial charge is 0.357 e. The van der Waals surface area contributed by atoms with Gasteiger partial charge in [0.25, 0.3) is 5.91 Å². The van der Waals surface area contributed by atoms with Gasteiger partial charge in [-0.25, -0.2) is 14.2 Å². The predicted molar refractivity (Wildman–Crippen MR) is 87.4 cm³/mol. The van der Waals surface area contributed by atoms with E-state index in [0.29, 0.717) is 5.01 Å². The number of nitrogens with zero attached hydrogens (tertiary/aromatic N) is 2. The third kappa shape index (κ3) is 3.62. The number of esters is 1. The molecule has 1 aromatic heterocycles. The van der Waals surface area contributed by atoms with Crippen molar-refractivity contribution in [3.63, 3.8) is 0 Å². The van der Waals surface area contributed by atoms with E-state index in [2.05, 4.69) is 4.98 Å². The molecule has 0 spiro atoms. The molecule has 1 saturated carbocycles. The van der Waals surface area contributed by atoms with Gasteiger partial charge in [-0.15, -0.1) is 11.3 Å². The van der Waals surface area contributed by atoms with Crippen LogP contribution < -0.4 is 0 Å². The Morgan fingerprint density at radius 1 is 1.38 bits per heavy atom.